The lowest BCUT2D eigenvalue weighted by Crippen LogP contribution is -2.07. The summed E-state index contributed by atoms with van der Waals surface area (Å²) in [7, 11) is 1.64. The van der Waals surface area contributed by atoms with Gasteiger partial charge >= 0.3 is 0 Å². The zero-order valence-corrected chi connectivity index (χ0v) is 15.9. The van der Waals surface area contributed by atoms with Crippen molar-refractivity contribution in [1.82, 2.24) is 14.8 Å². The van der Waals surface area contributed by atoms with Crippen LogP contribution in [0.2, 0.25) is 0 Å². The molecule has 0 N–H and O–H groups in total. The number of fused-ring (bicyclic) bond motifs is 2. The average molecular weight is 365 g/mol. The van der Waals surface area contributed by atoms with Crippen molar-refractivity contribution in [3.05, 3.63) is 29.5 Å². The molecule has 0 unspecified atom stereocenters. The average Bonchev–Trinajstić information content (AvgIpc) is 3.40. The van der Waals surface area contributed by atoms with E-state index >= 15 is 0 Å². The lowest BCUT2D eigenvalue weighted by Gasteiger charge is -2.12. The van der Waals surface area contributed by atoms with Crippen LogP contribution >= 0.6 is 0 Å². The third-order valence-corrected chi connectivity index (χ3v) is 5.66. The number of hydrogen-bond acceptors (Lipinski definition) is 5. The Morgan fingerprint density at radius 2 is 1.93 bits per heavy atom. The van der Waals surface area contributed by atoms with Crippen LogP contribution in [0.5, 0.6) is 17.2 Å². The van der Waals surface area contributed by atoms with Gasteiger partial charge in [0.15, 0.2) is 17.1 Å². The molecule has 1 aliphatic heterocycles. The van der Waals surface area contributed by atoms with Gasteiger partial charge < -0.3 is 14.2 Å². The van der Waals surface area contributed by atoms with E-state index in [2.05, 4.69) is 24.6 Å². The molecule has 2 aromatic heterocycles. The van der Waals surface area contributed by atoms with Gasteiger partial charge in [0.25, 0.3) is 0 Å². The molecule has 0 radical (unpaired) electrons. The molecule has 0 bridgehead atoms. The van der Waals surface area contributed by atoms with Crippen molar-refractivity contribution >= 4 is 11.0 Å². The SMILES string of the molecule is COc1cc(-c2cc(C)c3c(C)nn(C4CCCC4)c3n2)cc2c1OCO2. The van der Waals surface area contributed by atoms with Crippen LogP contribution in [0.3, 0.4) is 0 Å². The van der Waals surface area contributed by atoms with Crippen molar-refractivity contribution < 1.29 is 14.2 Å². The van der Waals surface area contributed by atoms with Crippen molar-refractivity contribution in [2.24, 2.45) is 0 Å². The molecule has 0 spiro atoms. The monoisotopic (exact) mass is 365 g/mol. The Kier molecular flexibility index (Phi) is 3.74. The maximum atomic E-state index is 5.58. The van der Waals surface area contributed by atoms with Crippen LogP contribution in [-0.2, 0) is 0 Å². The Bertz CT molecular complexity index is 1040. The number of aryl methyl sites for hydroxylation is 2. The van der Waals surface area contributed by atoms with E-state index in [1.165, 1.54) is 36.6 Å². The largest absolute Gasteiger partial charge is 0.493 e. The van der Waals surface area contributed by atoms with E-state index in [9.17, 15) is 0 Å². The Hall–Kier alpha value is -2.76. The summed E-state index contributed by atoms with van der Waals surface area (Å²) in [5.41, 5.74) is 5.07. The van der Waals surface area contributed by atoms with Crippen LogP contribution in [0.15, 0.2) is 18.2 Å². The van der Waals surface area contributed by atoms with Gasteiger partial charge in [-0.1, -0.05) is 12.8 Å². The predicted molar refractivity (Wildman–Crippen MR) is 103 cm³/mol. The fourth-order valence-corrected chi connectivity index (χ4v) is 4.36. The quantitative estimate of drug-likeness (QED) is 0.681. The first-order valence-electron chi connectivity index (χ1n) is 9.50. The van der Waals surface area contributed by atoms with Gasteiger partial charge in [0.05, 0.1) is 24.5 Å². The summed E-state index contributed by atoms with van der Waals surface area (Å²) in [6.07, 6.45) is 4.89. The molecule has 0 saturated heterocycles. The molecule has 2 aliphatic rings. The molecule has 1 aliphatic carbocycles. The molecular formula is C21H23N3O3. The number of benzene rings is 1. The summed E-state index contributed by atoms with van der Waals surface area (Å²) in [6, 6.07) is 6.51. The van der Waals surface area contributed by atoms with E-state index in [1.54, 1.807) is 7.11 Å². The number of nitrogens with zero attached hydrogens (tertiary/aromatic N) is 3. The third kappa shape index (κ3) is 2.54. The Morgan fingerprint density at radius 1 is 1.11 bits per heavy atom. The summed E-state index contributed by atoms with van der Waals surface area (Å²) in [5.74, 6) is 2.02. The van der Waals surface area contributed by atoms with Gasteiger partial charge in [-0.2, -0.15) is 5.10 Å². The number of hydrogen-bond donors (Lipinski definition) is 0. The van der Waals surface area contributed by atoms with Crippen LogP contribution in [0.25, 0.3) is 22.3 Å². The lowest BCUT2D eigenvalue weighted by atomic mass is 10.1. The summed E-state index contributed by atoms with van der Waals surface area (Å²) in [6.45, 7) is 4.42. The van der Waals surface area contributed by atoms with Crippen LogP contribution in [0.1, 0.15) is 43.0 Å². The molecule has 1 aromatic carbocycles. The Balaban J connectivity index is 1.69. The first-order chi connectivity index (χ1) is 13.2. The van der Waals surface area contributed by atoms with E-state index < -0.39 is 0 Å². The first-order valence-corrected chi connectivity index (χ1v) is 9.50. The smallest absolute Gasteiger partial charge is 0.231 e. The topological polar surface area (TPSA) is 58.4 Å². The molecule has 6 heteroatoms. The second kappa shape index (κ2) is 6.15. The van der Waals surface area contributed by atoms with Crippen molar-refractivity contribution in [3.63, 3.8) is 0 Å². The van der Waals surface area contributed by atoms with Crippen molar-refractivity contribution in [2.45, 2.75) is 45.6 Å². The van der Waals surface area contributed by atoms with Gasteiger partial charge in [-0.05, 0) is 50.5 Å². The molecule has 27 heavy (non-hydrogen) atoms. The molecule has 5 rings (SSSR count). The Morgan fingerprint density at radius 3 is 2.70 bits per heavy atom. The van der Waals surface area contributed by atoms with Crippen molar-refractivity contribution in [3.8, 4) is 28.5 Å². The number of pyridine rings is 1. The highest BCUT2D eigenvalue weighted by Gasteiger charge is 2.24. The normalized spacial score (nSPS) is 16.4. The fourth-order valence-electron chi connectivity index (χ4n) is 4.36. The van der Waals surface area contributed by atoms with Crippen molar-refractivity contribution in [2.75, 3.05) is 13.9 Å². The molecule has 140 valence electrons. The number of rotatable bonds is 3. The van der Waals surface area contributed by atoms with Gasteiger partial charge in [0, 0.05) is 10.9 Å². The van der Waals surface area contributed by atoms with Gasteiger partial charge in [-0.3, -0.25) is 0 Å². The second-order valence-corrected chi connectivity index (χ2v) is 7.40. The maximum Gasteiger partial charge on any atom is 0.231 e. The first kappa shape index (κ1) is 16.4. The van der Waals surface area contributed by atoms with Crippen LogP contribution in [-0.4, -0.2) is 28.7 Å². The minimum Gasteiger partial charge on any atom is -0.493 e. The van der Waals surface area contributed by atoms with Gasteiger partial charge in [0.1, 0.15) is 0 Å². The predicted octanol–water partition coefficient (Wildman–Crippen LogP) is 4.57. The van der Waals surface area contributed by atoms with Gasteiger partial charge in [-0.15, -0.1) is 0 Å². The number of methoxy groups -OCH3 is 1. The third-order valence-electron chi connectivity index (χ3n) is 5.66. The molecule has 3 heterocycles. The lowest BCUT2D eigenvalue weighted by molar-refractivity contribution is 0.171. The minimum atomic E-state index is 0.217. The van der Waals surface area contributed by atoms with E-state index in [0.717, 1.165) is 22.6 Å². The summed E-state index contributed by atoms with van der Waals surface area (Å²) < 4.78 is 18.7. The van der Waals surface area contributed by atoms with E-state index in [0.29, 0.717) is 23.3 Å². The zero-order valence-electron chi connectivity index (χ0n) is 15.9. The van der Waals surface area contributed by atoms with E-state index in [1.807, 2.05) is 12.1 Å². The molecule has 0 atom stereocenters. The molecule has 3 aromatic rings. The molecule has 6 nitrogen and oxygen atoms in total. The summed E-state index contributed by atoms with van der Waals surface area (Å²) in [5, 5.41) is 6.01. The van der Waals surface area contributed by atoms with E-state index in [-0.39, 0.29) is 6.79 Å². The molecule has 0 amide bonds. The van der Waals surface area contributed by atoms with E-state index in [4.69, 9.17) is 24.3 Å². The highest BCUT2D eigenvalue weighted by molar-refractivity contribution is 5.85. The molecular weight excluding hydrogens is 342 g/mol. The van der Waals surface area contributed by atoms with Gasteiger partial charge in [-0.25, -0.2) is 9.67 Å². The Labute approximate surface area is 158 Å². The van der Waals surface area contributed by atoms with Gasteiger partial charge in [0.2, 0.25) is 12.5 Å². The molecule has 1 saturated carbocycles. The molecule has 1 fully saturated rings. The van der Waals surface area contributed by atoms with Crippen molar-refractivity contribution in [1.29, 1.82) is 0 Å². The fraction of sp³-hybridized carbons (Fsp3) is 0.429. The minimum absolute atomic E-state index is 0.217. The van der Waals surface area contributed by atoms with Crippen LogP contribution in [0, 0.1) is 13.8 Å². The second-order valence-electron chi connectivity index (χ2n) is 7.40. The number of ether oxygens (including phenoxy) is 3. The highest BCUT2D eigenvalue weighted by atomic mass is 16.7. The van der Waals surface area contributed by atoms with Crippen LogP contribution < -0.4 is 14.2 Å². The summed E-state index contributed by atoms with van der Waals surface area (Å²) in [4.78, 5) is 5.02. The summed E-state index contributed by atoms with van der Waals surface area (Å²) >= 11 is 0. The highest BCUT2D eigenvalue weighted by Crippen LogP contribution is 2.44. The number of aromatic nitrogens is 3. The van der Waals surface area contributed by atoms with Crippen LogP contribution in [0.4, 0.5) is 0 Å². The maximum absolute atomic E-state index is 5.58. The zero-order chi connectivity index (χ0) is 18.5. The standard InChI is InChI=1S/C21H23N3O3/c1-12-8-16(14-9-17(25-3)20-18(10-14)26-11-27-20)22-21-19(12)13(2)23-24(21)15-6-4-5-7-15/h8-10,15H,4-7,11H2,1-3H3.